The highest BCUT2D eigenvalue weighted by atomic mass is 16.1. The van der Waals surface area contributed by atoms with Crippen LogP contribution in [0.1, 0.15) is 46.7 Å². The molecule has 1 amide bonds. The maximum atomic E-state index is 12.5. The van der Waals surface area contributed by atoms with E-state index in [-0.39, 0.29) is 5.91 Å². The Labute approximate surface area is 202 Å². The van der Waals surface area contributed by atoms with Crippen LogP contribution >= 0.6 is 0 Å². The predicted octanol–water partition coefficient (Wildman–Crippen LogP) is 4.88. The van der Waals surface area contributed by atoms with E-state index in [1.165, 1.54) is 30.4 Å². The summed E-state index contributed by atoms with van der Waals surface area (Å²) in [7, 11) is 0. The Morgan fingerprint density at radius 2 is 1.62 bits per heavy atom. The quantitative estimate of drug-likeness (QED) is 0.424. The number of carbonyl (C=O) groups excluding carboxylic acids is 1. The van der Waals surface area contributed by atoms with Gasteiger partial charge in [-0.05, 0) is 80.2 Å². The van der Waals surface area contributed by atoms with Crippen LogP contribution in [0.3, 0.4) is 0 Å². The highest BCUT2D eigenvalue weighted by Crippen LogP contribution is 2.40. The van der Waals surface area contributed by atoms with Crippen LogP contribution in [0.15, 0.2) is 78.9 Å². The Balaban J connectivity index is 1.04. The highest BCUT2D eigenvalue weighted by molar-refractivity contribution is 6.05. The highest BCUT2D eigenvalue weighted by Gasteiger charge is 2.38. The van der Waals surface area contributed by atoms with E-state index in [0.29, 0.717) is 28.9 Å². The standard InChI is InChI=1S/C29H34N4O/c30-26-8-4-5-9-27(26)32-29(34)24-12-10-22(11-13-24)20-33-16-14-21(15-17-33)19-31-28-18-25(28)23-6-2-1-3-7-23/h1-13,21,25,28,31H,14-20,30H2,(H,32,34)/t25-,28+/m0/s1. The maximum absolute atomic E-state index is 12.5. The van der Waals surface area contributed by atoms with Gasteiger partial charge in [0.05, 0.1) is 11.4 Å². The lowest BCUT2D eigenvalue weighted by molar-refractivity contribution is 0.102. The lowest BCUT2D eigenvalue weighted by Gasteiger charge is -2.32. The van der Waals surface area contributed by atoms with Crippen LogP contribution in [0, 0.1) is 5.92 Å². The van der Waals surface area contributed by atoms with Crippen molar-refractivity contribution in [1.82, 2.24) is 10.2 Å². The second-order valence-corrected chi connectivity index (χ2v) is 9.73. The van der Waals surface area contributed by atoms with Crippen LogP contribution in [0.4, 0.5) is 11.4 Å². The fraction of sp³-hybridized carbons (Fsp3) is 0.345. The molecule has 2 aliphatic rings. The summed E-state index contributed by atoms with van der Waals surface area (Å²) in [5.41, 5.74) is 10.5. The van der Waals surface area contributed by atoms with Gasteiger partial charge in [0, 0.05) is 24.1 Å². The SMILES string of the molecule is Nc1ccccc1NC(=O)c1ccc(CN2CCC(CN[C@@H]3C[C@H]3c3ccccc3)CC2)cc1. The van der Waals surface area contributed by atoms with Gasteiger partial charge in [-0.15, -0.1) is 0 Å². The summed E-state index contributed by atoms with van der Waals surface area (Å²) in [5, 5.41) is 6.70. The average molecular weight is 455 g/mol. The molecule has 0 spiro atoms. The molecule has 176 valence electrons. The molecular formula is C29H34N4O. The van der Waals surface area contributed by atoms with Crippen molar-refractivity contribution >= 4 is 17.3 Å². The summed E-state index contributed by atoms with van der Waals surface area (Å²) in [4.78, 5) is 15.1. The van der Waals surface area contributed by atoms with Crippen molar-refractivity contribution in [2.24, 2.45) is 5.92 Å². The second-order valence-electron chi connectivity index (χ2n) is 9.73. The molecule has 3 aromatic carbocycles. The van der Waals surface area contributed by atoms with Gasteiger partial charge < -0.3 is 16.4 Å². The number of nitrogens with two attached hydrogens (primary N) is 1. The molecule has 3 aromatic rings. The molecular weight excluding hydrogens is 420 g/mol. The summed E-state index contributed by atoms with van der Waals surface area (Å²) in [6, 6.07) is 26.8. The first kappa shape index (κ1) is 22.6. The Hall–Kier alpha value is -3.15. The molecule has 5 rings (SSSR count). The first-order valence-electron chi connectivity index (χ1n) is 12.4. The molecule has 0 bridgehead atoms. The number of rotatable bonds is 8. The van der Waals surface area contributed by atoms with Crippen LogP contribution in [-0.4, -0.2) is 36.5 Å². The zero-order valence-corrected chi connectivity index (χ0v) is 19.6. The van der Waals surface area contributed by atoms with Gasteiger partial charge in [0.1, 0.15) is 0 Å². The number of amides is 1. The monoisotopic (exact) mass is 454 g/mol. The van der Waals surface area contributed by atoms with Gasteiger partial charge in [-0.1, -0.05) is 54.6 Å². The summed E-state index contributed by atoms with van der Waals surface area (Å²) in [6.07, 6.45) is 3.76. The van der Waals surface area contributed by atoms with Crippen molar-refractivity contribution in [2.75, 3.05) is 30.7 Å². The van der Waals surface area contributed by atoms with Crippen LogP contribution in [-0.2, 0) is 6.54 Å². The fourth-order valence-corrected chi connectivity index (χ4v) is 4.98. The molecule has 0 unspecified atom stereocenters. The van der Waals surface area contributed by atoms with E-state index in [1.807, 2.05) is 30.3 Å². The largest absolute Gasteiger partial charge is 0.397 e. The van der Waals surface area contributed by atoms with Gasteiger partial charge in [-0.25, -0.2) is 0 Å². The number of carbonyl (C=O) groups is 1. The summed E-state index contributed by atoms with van der Waals surface area (Å²) in [6.45, 7) is 4.34. The van der Waals surface area contributed by atoms with Crippen LogP contribution in [0.25, 0.3) is 0 Å². The van der Waals surface area contributed by atoms with E-state index in [1.54, 1.807) is 6.07 Å². The Morgan fingerprint density at radius 1 is 0.912 bits per heavy atom. The average Bonchev–Trinajstić information content (AvgIpc) is 3.66. The first-order chi connectivity index (χ1) is 16.7. The fourth-order valence-electron chi connectivity index (χ4n) is 4.98. The van der Waals surface area contributed by atoms with E-state index in [0.717, 1.165) is 32.1 Å². The zero-order valence-electron chi connectivity index (χ0n) is 19.6. The summed E-state index contributed by atoms with van der Waals surface area (Å²) in [5.74, 6) is 1.34. The molecule has 0 radical (unpaired) electrons. The summed E-state index contributed by atoms with van der Waals surface area (Å²) >= 11 is 0. The molecule has 1 saturated heterocycles. The smallest absolute Gasteiger partial charge is 0.255 e. The van der Waals surface area contributed by atoms with Gasteiger partial charge in [0.2, 0.25) is 0 Å². The lowest BCUT2D eigenvalue weighted by atomic mass is 9.96. The number of piperidine rings is 1. The molecule has 2 fully saturated rings. The van der Waals surface area contributed by atoms with Crippen LogP contribution in [0.2, 0.25) is 0 Å². The molecule has 34 heavy (non-hydrogen) atoms. The molecule has 1 aliphatic carbocycles. The number of anilines is 2. The normalized spacial score (nSPS) is 20.7. The van der Waals surface area contributed by atoms with Gasteiger partial charge in [-0.3, -0.25) is 9.69 Å². The van der Waals surface area contributed by atoms with Crippen molar-refractivity contribution in [3.63, 3.8) is 0 Å². The Kier molecular flexibility index (Phi) is 6.93. The number of nitrogens with one attached hydrogen (secondary N) is 2. The molecule has 1 heterocycles. The third kappa shape index (κ3) is 5.66. The number of likely N-dealkylation sites (tertiary alicyclic amines) is 1. The number of benzene rings is 3. The van der Waals surface area contributed by atoms with Gasteiger partial charge in [0.15, 0.2) is 0 Å². The predicted molar refractivity (Wildman–Crippen MR) is 139 cm³/mol. The molecule has 0 aromatic heterocycles. The number of nitrogen functional groups attached to an aromatic ring is 1. The molecule has 5 heteroatoms. The van der Waals surface area contributed by atoms with Crippen molar-refractivity contribution in [3.8, 4) is 0 Å². The third-order valence-electron chi connectivity index (χ3n) is 7.23. The van der Waals surface area contributed by atoms with E-state index in [4.69, 9.17) is 5.73 Å². The van der Waals surface area contributed by atoms with Crippen molar-refractivity contribution < 1.29 is 4.79 Å². The first-order valence-corrected chi connectivity index (χ1v) is 12.4. The zero-order chi connectivity index (χ0) is 23.3. The number of hydrogen-bond donors (Lipinski definition) is 3. The van der Waals surface area contributed by atoms with Gasteiger partial charge >= 0.3 is 0 Å². The number of nitrogens with zero attached hydrogens (tertiary/aromatic N) is 1. The minimum Gasteiger partial charge on any atom is -0.397 e. The van der Waals surface area contributed by atoms with E-state index in [9.17, 15) is 4.79 Å². The minimum atomic E-state index is -0.136. The third-order valence-corrected chi connectivity index (χ3v) is 7.23. The van der Waals surface area contributed by atoms with Gasteiger partial charge in [-0.2, -0.15) is 0 Å². The molecule has 4 N–H and O–H groups in total. The van der Waals surface area contributed by atoms with Crippen molar-refractivity contribution in [1.29, 1.82) is 0 Å². The maximum Gasteiger partial charge on any atom is 0.255 e. The molecule has 5 nitrogen and oxygen atoms in total. The molecule has 2 atom stereocenters. The topological polar surface area (TPSA) is 70.4 Å². The molecule has 1 aliphatic heterocycles. The van der Waals surface area contributed by atoms with Gasteiger partial charge in [0.25, 0.3) is 5.91 Å². The lowest BCUT2D eigenvalue weighted by Crippen LogP contribution is -2.37. The Bertz CT molecular complexity index is 1090. The summed E-state index contributed by atoms with van der Waals surface area (Å²) < 4.78 is 0. The van der Waals surface area contributed by atoms with Crippen molar-refractivity contribution in [2.45, 2.75) is 37.8 Å². The number of hydrogen-bond acceptors (Lipinski definition) is 4. The minimum absolute atomic E-state index is 0.136. The van der Waals surface area contributed by atoms with E-state index < -0.39 is 0 Å². The Morgan fingerprint density at radius 3 is 2.35 bits per heavy atom. The van der Waals surface area contributed by atoms with Crippen molar-refractivity contribution in [3.05, 3.63) is 95.6 Å². The van der Waals surface area contributed by atoms with Crippen LogP contribution in [0.5, 0.6) is 0 Å². The number of para-hydroxylation sites is 2. The second kappa shape index (κ2) is 10.4. The van der Waals surface area contributed by atoms with Crippen LogP contribution < -0.4 is 16.4 Å². The van der Waals surface area contributed by atoms with E-state index in [2.05, 4.69) is 58.0 Å². The van der Waals surface area contributed by atoms with E-state index >= 15 is 0 Å². The molecule has 1 saturated carbocycles.